The van der Waals surface area contributed by atoms with Crippen molar-refractivity contribution in [2.24, 2.45) is 0 Å². The first-order valence-electron chi connectivity index (χ1n) is 5.32. The summed E-state index contributed by atoms with van der Waals surface area (Å²) in [5.41, 5.74) is 2.66. The van der Waals surface area contributed by atoms with E-state index in [-0.39, 0.29) is 0 Å². The smallest absolute Gasteiger partial charge is 0.163 e. The molecule has 0 atom stereocenters. The monoisotopic (exact) mass is 198 g/mol. The number of benzene rings is 1. The maximum absolute atomic E-state index is 2.21. The normalized spacial score (nSPS) is 16.3. The van der Waals surface area contributed by atoms with Crippen molar-refractivity contribution < 1.29 is 4.58 Å². The van der Waals surface area contributed by atoms with Crippen LogP contribution in [-0.2, 0) is 0 Å². The van der Waals surface area contributed by atoms with E-state index in [4.69, 9.17) is 0 Å². The SMILES string of the molecule is C[N+]1=CC=C(/C=C/c2ccccc2)CC1. The van der Waals surface area contributed by atoms with Gasteiger partial charge in [0.25, 0.3) is 0 Å². The van der Waals surface area contributed by atoms with Gasteiger partial charge in [0.2, 0.25) is 0 Å². The fraction of sp³-hybridized carbons (Fsp3) is 0.214. The lowest BCUT2D eigenvalue weighted by Gasteiger charge is -2.03. The lowest BCUT2D eigenvalue weighted by atomic mass is 10.1. The largest absolute Gasteiger partial charge is 0.238 e. The van der Waals surface area contributed by atoms with Crippen LogP contribution in [0.15, 0.2) is 48.1 Å². The van der Waals surface area contributed by atoms with Crippen LogP contribution in [0.5, 0.6) is 0 Å². The highest BCUT2D eigenvalue weighted by Gasteiger charge is 2.03. The van der Waals surface area contributed by atoms with Gasteiger partial charge in [-0.25, -0.2) is 4.58 Å². The number of hydrogen-bond acceptors (Lipinski definition) is 0. The van der Waals surface area contributed by atoms with Crippen molar-refractivity contribution in [3.8, 4) is 0 Å². The van der Waals surface area contributed by atoms with E-state index in [9.17, 15) is 0 Å². The summed E-state index contributed by atoms with van der Waals surface area (Å²) in [5, 5.41) is 0. The summed E-state index contributed by atoms with van der Waals surface area (Å²) in [7, 11) is 2.11. The molecule has 0 fully saturated rings. The van der Waals surface area contributed by atoms with Gasteiger partial charge in [-0.05, 0) is 11.1 Å². The molecule has 15 heavy (non-hydrogen) atoms. The highest BCUT2D eigenvalue weighted by molar-refractivity contribution is 5.70. The summed E-state index contributed by atoms with van der Waals surface area (Å²) < 4.78 is 2.21. The highest BCUT2D eigenvalue weighted by atomic mass is 14.9. The average Bonchev–Trinajstić information content (AvgIpc) is 2.30. The van der Waals surface area contributed by atoms with Crippen molar-refractivity contribution in [1.82, 2.24) is 0 Å². The summed E-state index contributed by atoms with van der Waals surface area (Å²) >= 11 is 0. The number of allylic oxidation sites excluding steroid dienone is 2. The van der Waals surface area contributed by atoms with E-state index in [1.54, 1.807) is 0 Å². The fourth-order valence-electron chi connectivity index (χ4n) is 1.59. The molecule has 0 unspecified atom stereocenters. The van der Waals surface area contributed by atoms with Gasteiger partial charge in [-0.1, -0.05) is 42.5 Å². The lowest BCUT2D eigenvalue weighted by molar-refractivity contribution is -0.492. The zero-order valence-corrected chi connectivity index (χ0v) is 9.06. The highest BCUT2D eigenvalue weighted by Crippen LogP contribution is 2.09. The molecule has 1 heteroatoms. The number of hydrogen-bond donors (Lipinski definition) is 0. The van der Waals surface area contributed by atoms with Crippen molar-refractivity contribution in [3.63, 3.8) is 0 Å². The van der Waals surface area contributed by atoms with Crippen molar-refractivity contribution in [1.29, 1.82) is 0 Å². The van der Waals surface area contributed by atoms with Crippen molar-refractivity contribution in [2.75, 3.05) is 13.6 Å². The van der Waals surface area contributed by atoms with Crippen molar-refractivity contribution >= 4 is 12.3 Å². The van der Waals surface area contributed by atoms with Gasteiger partial charge in [0.1, 0.15) is 13.6 Å². The second-order valence-corrected chi connectivity index (χ2v) is 3.87. The number of nitrogens with zero attached hydrogens (tertiary/aromatic N) is 1. The Bertz CT molecular complexity index is 410. The van der Waals surface area contributed by atoms with Gasteiger partial charge in [0, 0.05) is 12.5 Å². The van der Waals surface area contributed by atoms with Gasteiger partial charge < -0.3 is 0 Å². The third-order valence-electron chi connectivity index (χ3n) is 2.59. The lowest BCUT2D eigenvalue weighted by Crippen LogP contribution is -2.12. The van der Waals surface area contributed by atoms with E-state index in [0.717, 1.165) is 13.0 Å². The molecule has 76 valence electrons. The average molecular weight is 198 g/mol. The molecule has 0 saturated carbocycles. The Morgan fingerprint density at radius 2 is 1.93 bits per heavy atom. The fourth-order valence-corrected chi connectivity index (χ4v) is 1.59. The first-order chi connectivity index (χ1) is 7.34. The molecule has 1 aliphatic rings. The maximum atomic E-state index is 2.21. The van der Waals surface area contributed by atoms with Crippen LogP contribution >= 0.6 is 0 Å². The minimum atomic E-state index is 1.12. The third-order valence-corrected chi connectivity index (χ3v) is 2.59. The van der Waals surface area contributed by atoms with Gasteiger partial charge in [-0.3, -0.25) is 0 Å². The molecular formula is C14H16N+. The Hall–Kier alpha value is -1.63. The topological polar surface area (TPSA) is 3.01 Å². The summed E-state index contributed by atoms with van der Waals surface area (Å²) in [4.78, 5) is 0. The molecule has 1 aromatic rings. The number of rotatable bonds is 2. The maximum Gasteiger partial charge on any atom is 0.163 e. The van der Waals surface area contributed by atoms with E-state index >= 15 is 0 Å². The molecule has 2 rings (SSSR count). The summed E-state index contributed by atoms with van der Waals surface area (Å²) in [5.74, 6) is 0. The van der Waals surface area contributed by atoms with Crippen LogP contribution in [0.3, 0.4) is 0 Å². The predicted molar refractivity (Wildman–Crippen MR) is 65.3 cm³/mol. The van der Waals surface area contributed by atoms with Crippen LogP contribution in [-0.4, -0.2) is 24.4 Å². The Morgan fingerprint density at radius 3 is 2.60 bits per heavy atom. The van der Waals surface area contributed by atoms with Gasteiger partial charge in [0.05, 0.1) is 0 Å². The zero-order valence-electron chi connectivity index (χ0n) is 9.06. The van der Waals surface area contributed by atoms with E-state index in [2.05, 4.69) is 60.3 Å². The van der Waals surface area contributed by atoms with Gasteiger partial charge >= 0.3 is 0 Å². The summed E-state index contributed by atoms with van der Waals surface area (Å²) in [6.45, 7) is 1.12. The molecule has 1 aromatic carbocycles. The van der Waals surface area contributed by atoms with Crippen molar-refractivity contribution in [3.05, 3.63) is 53.6 Å². The molecule has 0 bridgehead atoms. The molecule has 0 saturated heterocycles. The molecular weight excluding hydrogens is 182 g/mol. The van der Waals surface area contributed by atoms with Crippen LogP contribution in [0, 0.1) is 0 Å². The van der Waals surface area contributed by atoms with E-state index < -0.39 is 0 Å². The predicted octanol–water partition coefficient (Wildman–Crippen LogP) is 2.74. The van der Waals surface area contributed by atoms with Gasteiger partial charge in [-0.15, -0.1) is 0 Å². The third kappa shape index (κ3) is 2.91. The Morgan fingerprint density at radius 1 is 1.13 bits per heavy atom. The molecule has 0 N–H and O–H groups in total. The Kier molecular flexibility index (Phi) is 3.13. The minimum Gasteiger partial charge on any atom is -0.238 e. The second-order valence-electron chi connectivity index (χ2n) is 3.87. The quantitative estimate of drug-likeness (QED) is 0.643. The molecule has 0 aromatic heterocycles. The molecule has 1 aliphatic heterocycles. The molecule has 1 nitrogen and oxygen atoms in total. The van der Waals surface area contributed by atoms with Crippen LogP contribution in [0.2, 0.25) is 0 Å². The summed E-state index contributed by atoms with van der Waals surface area (Å²) in [6.07, 6.45) is 9.83. The molecule has 0 radical (unpaired) electrons. The van der Waals surface area contributed by atoms with Crippen LogP contribution in [0.4, 0.5) is 0 Å². The van der Waals surface area contributed by atoms with Crippen LogP contribution in [0.1, 0.15) is 12.0 Å². The molecule has 1 heterocycles. The Labute approximate surface area is 91.1 Å². The van der Waals surface area contributed by atoms with Gasteiger partial charge in [0.15, 0.2) is 6.21 Å². The molecule has 0 aliphatic carbocycles. The van der Waals surface area contributed by atoms with Crippen molar-refractivity contribution in [2.45, 2.75) is 6.42 Å². The summed E-state index contributed by atoms with van der Waals surface area (Å²) in [6, 6.07) is 10.4. The van der Waals surface area contributed by atoms with Crippen LogP contribution in [0.25, 0.3) is 6.08 Å². The van der Waals surface area contributed by atoms with Crippen LogP contribution < -0.4 is 0 Å². The standard InChI is InChI=1S/C14H16N/c1-15-11-9-14(10-12-15)8-7-13-5-3-2-4-6-13/h2-9,11H,10,12H2,1H3/q+1/b8-7+. The first kappa shape index (κ1) is 9.91. The van der Waals surface area contributed by atoms with E-state index in [0.29, 0.717) is 0 Å². The zero-order chi connectivity index (χ0) is 10.5. The first-order valence-corrected chi connectivity index (χ1v) is 5.32. The minimum absolute atomic E-state index is 1.12. The van der Waals surface area contributed by atoms with E-state index in [1.165, 1.54) is 11.1 Å². The van der Waals surface area contributed by atoms with Gasteiger partial charge in [-0.2, -0.15) is 0 Å². The Balaban J connectivity index is 2.07. The molecule has 0 amide bonds. The molecule has 0 spiro atoms. The van der Waals surface area contributed by atoms with E-state index in [1.807, 2.05) is 6.07 Å². The second kappa shape index (κ2) is 4.74.